The van der Waals surface area contributed by atoms with E-state index in [-0.39, 0.29) is 0 Å². The van der Waals surface area contributed by atoms with Crippen LogP contribution in [0.25, 0.3) is 0 Å². The maximum Gasteiger partial charge on any atom is 0.0128 e. The van der Waals surface area contributed by atoms with E-state index in [4.69, 9.17) is 5.73 Å². The van der Waals surface area contributed by atoms with Gasteiger partial charge in [-0.05, 0) is 11.3 Å². The highest BCUT2D eigenvalue weighted by atomic mass is 14.8. The fraction of sp³-hybridized carbons (Fsp3) is 1.00. The topological polar surface area (TPSA) is 26.0 Å². The lowest BCUT2D eigenvalue weighted by molar-refractivity contribution is 0.544. The van der Waals surface area contributed by atoms with Crippen LogP contribution in [-0.4, -0.2) is 6.04 Å². The van der Waals surface area contributed by atoms with Crippen LogP contribution in [0.2, 0.25) is 0 Å². The van der Waals surface area contributed by atoms with Crippen LogP contribution in [0.5, 0.6) is 0 Å². The molecule has 0 radical (unpaired) electrons. The standard InChI is InChI=1S/C7H15N/c1-4-5-6(8)7(5,2)3/h5-6H,4,8H2,1-3H3/t5-,6-/m0/s1. The van der Waals surface area contributed by atoms with Crippen LogP contribution in [0.3, 0.4) is 0 Å². The zero-order valence-corrected chi connectivity index (χ0v) is 5.94. The third-order valence-corrected chi connectivity index (χ3v) is 2.58. The lowest BCUT2D eigenvalue weighted by atomic mass is 10.1. The van der Waals surface area contributed by atoms with Gasteiger partial charge in [0.15, 0.2) is 0 Å². The van der Waals surface area contributed by atoms with Gasteiger partial charge in [-0.25, -0.2) is 0 Å². The van der Waals surface area contributed by atoms with Crippen LogP contribution in [0, 0.1) is 11.3 Å². The summed E-state index contributed by atoms with van der Waals surface area (Å²) >= 11 is 0. The molecule has 1 fully saturated rings. The maximum atomic E-state index is 5.75. The largest absolute Gasteiger partial charge is 0.327 e. The molecule has 1 nitrogen and oxygen atoms in total. The van der Waals surface area contributed by atoms with Gasteiger partial charge in [0.25, 0.3) is 0 Å². The Morgan fingerprint density at radius 2 is 1.88 bits per heavy atom. The van der Waals surface area contributed by atoms with Crippen molar-refractivity contribution < 1.29 is 0 Å². The number of hydrogen-bond donors (Lipinski definition) is 1. The van der Waals surface area contributed by atoms with Gasteiger partial charge in [0.05, 0.1) is 0 Å². The van der Waals surface area contributed by atoms with E-state index in [1.165, 1.54) is 6.42 Å². The molecule has 0 bridgehead atoms. The minimum atomic E-state index is 0.453. The average Bonchev–Trinajstić information content (AvgIpc) is 2.09. The summed E-state index contributed by atoms with van der Waals surface area (Å²) in [5.41, 5.74) is 6.21. The fourth-order valence-corrected chi connectivity index (χ4v) is 1.57. The van der Waals surface area contributed by atoms with Crippen molar-refractivity contribution in [1.29, 1.82) is 0 Å². The summed E-state index contributed by atoms with van der Waals surface area (Å²) < 4.78 is 0. The second-order valence-corrected chi connectivity index (χ2v) is 3.36. The predicted molar refractivity (Wildman–Crippen MR) is 35.5 cm³/mol. The molecule has 1 saturated carbocycles. The van der Waals surface area contributed by atoms with Crippen molar-refractivity contribution in [3.63, 3.8) is 0 Å². The molecule has 0 aromatic carbocycles. The fourth-order valence-electron chi connectivity index (χ4n) is 1.57. The SMILES string of the molecule is CC[C@H]1[C@H](N)C1(C)C. The predicted octanol–water partition coefficient (Wildman–Crippen LogP) is 1.38. The van der Waals surface area contributed by atoms with E-state index in [1.807, 2.05) is 0 Å². The van der Waals surface area contributed by atoms with E-state index in [0.29, 0.717) is 11.5 Å². The quantitative estimate of drug-likeness (QED) is 0.546. The summed E-state index contributed by atoms with van der Waals surface area (Å²) in [6.07, 6.45) is 1.24. The molecule has 0 aromatic heterocycles. The van der Waals surface area contributed by atoms with Crippen LogP contribution < -0.4 is 5.73 Å². The van der Waals surface area contributed by atoms with Crippen molar-refractivity contribution in [2.75, 3.05) is 0 Å². The molecule has 0 saturated heterocycles. The Hall–Kier alpha value is -0.0400. The Bertz CT molecular complexity index is 96.6. The minimum absolute atomic E-state index is 0.453. The Kier molecular flexibility index (Phi) is 1.12. The van der Waals surface area contributed by atoms with Crippen molar-refractivity contribution >= 4 is 0 Å². The average molecular weight is 113 g/mol. The molecule has 1 aliphatic carbocycles. The molecule has 1 rings (SSSR count). The van der Waals surface area contributed by atoms with E-state index in [9.17, 15) is 0 Å². The molecule has 1 aliphatic rings. The molecule has 1 heteroatoms. The molecule has 48 valence electrons. The maximum absolute atomic E-state index is 5.75. The monoisotopic (exact) mass is 113 g/mol. The molecular formula is C7H15N. The number of nitrogens with two attached hydrogens (primary N) is 1. The highest BCUT2D eigenvalue weighted by Gasteiger charge is 2.53. The molecule has 0 heterocycles. The highest BCUT2D eigenvalue weighted by Crippen LogP contribution is 2.51. The summed E-state index contributed by atoms with van der Waals surface area (Å²) in [6.45, 7) is 6.69. The van der Waals surface area contributed by atoms with Crippen LogP contribution in [0.15, 0.2) is 0 Å². The lowest BCUT2D eigenvalue weighted by Crippen LogP contribution is -2.06. The van der Waals surface area contributed by atoms with E-state index < -0.39 is 0 Å². The third kappa shape index (κ3) is 0.576. The van der Waals surface area contributed by atoms with Crippen LogP contribution >= 0.6 is 0 Å². The smallest absolute Gasteiger partial charge is 0.0128 e. The third-order valence-electron chi connectivity index (χ3n) is 2.58. The molecule has 0 unspecified atom stereocenters. The molecule has 2 atom stereocenters. The van der Waals surface area contributed by atoms with E-state index in [2.05, 4.69) is 20.8 Å². The molecule has 2 N–H and O–H groups in total. The molecule has 0 amide bonds. The normalized spacial score (nSPS) is 42.0. The molecule has 0 spiro atoms. The van der Waals surface area contributed by atoms with Crippen LogP contribution in [-0.2, 0) is 0 Å². The first-order valence-electron chi connectivity index (χ1n) is 3.36. The van der Waals surface area contributed by atoms with Crippen molar-refractivity contribution in [2.45, 2.75) is 33.2 Å². The summed E-state index contributed by atoms with van der Waals surface area (Å²) in [6, 6.07) is 0.479. The van der Waals surface area contributed by atoms with Gasteiger partial charge in [-0.3, -0.25) is 0 Å². The van der Waals surface area contributed by atoms with Gasteiger partial charge in [-0.2, -0.15) is 0 Å². The Balaban J connectivity index is 2.45. The Morgan fingerprint density at radius 1 is 1.50 bits per heavy atom. The lowest BCUT2D eigenvalue weighted by Gasteiger charge is -1.95. The summed E-state index contributed by atoms with van der Waals surface area (Å²) in [7, 11) is 0. The van der Waals surface area contributed by atoms with Crippen molar-refractivity contribution in [1.82, 2.24) is 0 Å². The number of rotatable bonds is 1. The van der Waals surface area contributed by atoms with Crippen molar-refractivity contribution in [3.8, 4) is 0 Å². The van der Waals surface area contributed by atoms with Gasteiger partial charge in [-0.1, -0.05) is 27.2 Å². The minimum Gasteiger partial charge on any atom is -0.327 e. The second kappa shape index (κ2) is 1.47. The molecule has 0 aromatic rings. The van der Waals surface area contributed by atoms with Crippen LogP contribution in [0.1, 0.15) is 27.2 Å². The van der Waals surface area contributed by atoms with E-state index >= 15 is 0 Å². The van der Waals surface area contributed by atoms with Gasteiger partial charge < -0.3 is 5.73 Å². The first-order valence-corrected chi connectivity index (χ1v) is 3.36. The van der Waals surface area contributed by atoms with Crippen molar-refractivity contribution in [2.24, 2.45) is 17.1 Å². The summed E-state index contributed by atoms with van der Waals surface area (Å²) in [4.78, 5) is 0. The first kappa shape index (κ1) is 6.09. The van der Waals surface area contributed by atoms with Gasteiger partial charge in [0.1, 0.15) is 0 Å². The van der Waals surface area contributed by atoms with Crippen molar-refractivity contribution in [3.05, 3.63) is 0 Å². The molecule has 0 aliphatic heterocycles. The zero-order chi connectivity index (χ0) is 6.36. The van der Waals surface area contributed by atoms with E-state index in [1.54, 1.807) is 0 Å². The Labute approximate surface area is 51.3 Å². The summed E-state index contributed by atoms with van der Waals surface area (Å²) in [5.74, 6) is 0.794. The van der Waals surface area contributed by atoms with Gasteiger partial charge in [0, 0.05) is 6.04 Å². The second-order valence-electron chi connectivity index (χ2n) is 3.36. The van der Waals surface area contributed by atoms with Gasteiger partial charge >= 0.3 is 0 Å². The molecular weight excluding hydrogens is 98.1 g/mol. The van der Waals surface area contributed by atoms with E-state index in [0.717, 1.165) is 5.92 Å². The Morgan fingerprint density at radius 3 is 1.88 bits per heavy atom. The number of hydrogen-bond acceptors (Lipinski definition) is 1. The zero-order valence-electron chi connectivity index (χ0n) is 5.94. The summed E-state index contributed by atoms with van der Waals surface area (Å²) in [5, 5.41) is 0. The first-order chi connectivity index (χ1) is 3.60. The van der Waals surface area contributed by atoms with Gasteiger partial charge in [0.2, 0.25) is 0 Å². The van der Waals surface area contributed by atoms with Crippen LogP contribution in [0.4, 0.5) is 0 Å². The molecule has 8 heavy (non-hydrogen) atoms. The van der Waals surface area contributed by atoms with Gasteiger partial charge in [-0.15, -0.1) is 0 Å². The highest BCUT2D eigenvalue weighted by molar-refractivity contribution is 5.07.